The van der Waals surface area contributed by atoms with Crippen molar-refractivity contribution >= 4 is 21.6 Å². The van der Waals surface area contributed by atoms with Gasteiger partial charge in [-0.25, -0.2) is 4.98 Å². The Morgan fingerprint density at radius 3 is 2.71 bits per heavy atom. The standard InChI is InChI=1S/C22H27N3O2S/c1-6-22(5,27)13-25(14(2)3)11-18-23-20(26)19-17(12-28-21(19)24-18)16-10-8-7-9-15(16)4/h6-10,12,14,27H,1,11,13H2,2-5H3,(H,23,24,26). The molecule has 2 aromatic heterocycles. The molecule has 0 fully saturated rings. The third-order valence-corrected chi connectivity index (χ3v) is 5.85. The Morgan fingerprint density at radius 1 is 1.36 bits per heavy atom. The van der Waals surface area contributed by atoms with E-state index in [-0.39, 0.29) is 11.6 Å². The summed E-state index contributed by atoms with van der Waals surface area (Å²) in [6.45, 7) is 12.4. The minimum atomic E-state index is -1.00. The Morgan fingerprint density at radius 2 is 2.07 bits per heavy atom. The van der Waals surface area contributed by atoms with E-state index in [0.717, 1.165) is 21.5 Å². The van der Waals surface area contributed by atoms with E-state index in [9.17, 15) is 9.90 Å². The number of aromatic amines is 1. The van der Waals surface area contributed by atoms with Gasteiger partial charge in [-0.2, -0.15) is 0 Å². The van der Waals surface area contributed by atoms with Gasteiger partial charge in [0.2, 0.25) is 0 Å². The number of thiophene rings is 1. The molecule has 1 aromatic carbocycles. The van der Waals surface area contributed by atoms with Gasteiger partial charge < -0.3 is 10.1 Å². The Bertz CT molecular complexity index is 1050. The zero-order chi connectivity index (χ0) is 20.5. The number of nitrogens with one attached hydrogen (secondary N) is 1. The smallest absolute Gasteiger partial charge is 0.260 e. The summed E-state index contributed by atoms with van der Waals surface area (Å²) in [6.07, 6.45) is 1.54. The maximum Gasteiger partial charge on any atom is 0.260 e. The van der Waals surface area contributed by atoms with Gasteiger partial charge in [0, 0.05) is 23.5 Å². The number of rotatable bonds is 7. The molecule has 0 aliphatic carbocycles. The quantitative estimate of drug-likeness (QED) is 0.589. The van der Waals surface area contributed by atoms with E-state index in [4.69, 9.17) is 4.98 Å². The summed E-state index contributed by atoms with van der Waals surface area (Å²) in [4.78, 5) is 23.3. The lowest BCUT2D eigenvalue weighted by molar-refractivity contribution is 0.0447. The van der Waals surface area contributed by atoms with E-state index in [0.29, 0.717) is 24.3 Å². The number of H-pyrrole nitrogens is 1. The van der Waals surface area contributed by atoms with Crippen molar-refractivity contribution < 1.29 is 5.11 Å². The molecule has 5 nitrogen and oxygen atoms in total. The SMILES string of the molecule is C=CC(C)(O)CN(Cc1nc2scc(-c3ccccc3C)c2c(=O)[nH]1)C(C)C. The Balaban J connectivity index is 1.98. The van der Waals surface area contributed by atoms with Crippen LogP contribution < -0.4 is 5.56 Å². The zero-order valence-corrected chi connectivity index (χ0v) is 17.6. The van der Waals surface area contributed by atoms with Crippen molar-refractivity contribution in [3.8, 4) is 11.1 Å². The minimum absolute atomic E-state index is 0.126. The number of aryl methyl sites for hydroxylation is 1. The highest BCUT2D eigenvalue weighted by Gasteiger charge is 2.23. The molecule has 0 saturated carbocycles. The first-order chi connectivity index (χ1) is 13.2. The largest absolute Gasteiger partial charge is 0.385 e. The van der Waals surface area contributed by atoms with Gasteiger partial charge in [-0.15, -0.1) is 17.9 Å². The molecular formula is C22H27N3O2S. The highest BCUT2D eigenvalue weighted by Crippen LogP contribution is 2.32. The van der Waals surface area contributed by atoms with Crippen LogP contribution in [0.15, 0.2) is 47.1 Å². The highest BCUT2D eigenvalue weighted by atomic mass is 32.1. The molecule has 1 unspecified atom stereocenters. The summed E-state index contributed by atoms with van der Waals surface area (Å²) in [7, 11) is 0. The summed E-state index contributed by atoms with van der Waals surface area (Å²) < 4.78 is 0. The Hall–Kier alpha value is -2.28. The Labute approximate surface area is 169 Å². The van der Waals surface area contributed by atoms with Gasteiger partial charge in [0.15, 0.2) is 0 Å². The number of nitrogens with zero attached hydrogens (tertiary/aromatic N) is 2. The predicted octanol–water partition coefficient (Wildman–Crippen LogP) is 4.11. The fourth-order valence-electron chi connectivity index (χ4n) is 3.23. The number of hydrogen-bond donors (Lipinski definition) is 2. The lowest BCUT2D eigenvalue weighted by atomic mass is 10.0. The lowest BCUT2D eigenvalue weighted by Gasteiger charge is -2.32. The summed E-state index contributed by atoms with van der Waals surface area (Å²) in [6, 6.07) is 8.22. The van der Waals surface area contributed by atoms with Crippen LogP contribution in [-0.4, -0.2) is 38.2 Å². The molecule has 0 bridgehead atoms. The molecule has 0 aliphatic heterocycles. The first kappa shape index (κ1) is 20.5. The summed E-state index contributed by atoms with van der Waals surface area (Å²) in [5, 5.41) is 13.0. The lowest BCUT2D eigenvalue weighted by Crippen LogP contribution is -2.43. The molecular weight excluding hydrogens is 370 g/mol. The minimum Gasteiger partial charge on any atom is -0.385 e. The van der Waals surface area contributed by atoms with Crippen LogP contribution in [0.5, 0.6) is 0 Å². The topological polar surface area (TPSA) is 69.2 Å². The highest BCUT2D eigenvalue weighted by molar-refractivity contribution is 7.17. The molecule has 1 atom stereocenters. The van der Waals surface area contributed by atoms with Crippen LogP contribution >= 0.6 is 11.3 Å². The van der Waals surface area contributed by atoms with E-state index in [2.05, 4.69) is 30.3 Å². The molecule has 148 valence electrons. The Kier molecular flexibility index (Phi) is 5.84. The number of hydrogen-bond acceptors (Lipinski definition) is 5. The van der Waals surface area contributed by atoms with Crippen LogP contribution in [0.4, 0.5) is 0 Å². The van der Waals surface area contributed by atoms with Crippen molar-refractivity contribution in [2.24, 2.45) is 0 Å². The van der Waals surface area contributed by atoms with E-state index < -0.39 is 5.60 Å². The van der Waals surface area contributed by atoms with Crippen LogP contribution in [0.1, 0.15) is 32.2 Å². The number of benzene rings is 1. The first-order valence-corrected chi connectivity index (χ1v) is 10.3. The summed E-state index contributed by atoms with van der Waals surface area (Å²) in [5.74, 6) is 0.601. The van der Waals surface area contributed by atoms with Crippen molar-refractivity contribution in [1.82, 2.24) is 14.9 Å². The molecule has 0 spiro atoms. The van der Waals surface area contributed by atoms with E-state index >= 15 is 0 Å². The van der Waals surface area contributed by atoms with Gasteiger partial charge in [0.05, 0.1) is 17.5 Å². The third-order valence-electron chi connectivity index (χ3n) is 4.97. The molecule has 0 saturated heterocycles. The van der Waals surface area contributed by atoms with E-state index in [1.807, 2.05) is 36.6 Å². The average Bonchev–Trinajstić information content (AvgIpc) is 3.05. The second kappa shape index (κ2) is 7.99. The average molecular weight is 398 g/mol. The molecule has 3 rings (SSSR count). The maximum atomic E-state index is 12.9. The zero-order valence-electron chi connectivity index (χ0n) is 16.8. The molecule has 0 aliphatic rings. The molecule has 2 N–H and O–H groups in total. The second-order valence-corrected chi connectivity index (χ2v) is 8.58. The fourth-order valence-corrected chi connectivity index (χ4v) is 4.19. The van der Waals surface area contributed by atoms with Crippen molar-refractivity contribution in [3.63, 3.8) is 0 Å². The second-order valence-electron chi connectivity index (χ2n) is 7.72. The van der Waals surface area contributed by atoms with Gasteiger partial charge in [-0.1, -0.05) is 30.3 Å². The van der Waals surface area contributed by atoms with Gasteiger partial charge >= 0.3 is 0 Å². The van der Waals surface area contributed by atoms with E-state index in [1.54, 1.807) is 6.92 Å². The third kappa shape index (κ3) is 4.24. The molecule has 0 amide bonds. The van der Waals surface area contributed by atoms with Crippen molar-refractivity contribution in [3.05, 3.63) is 64.0 Å². The summed E-state index contributed by atoms with van der Waals surface area (Å²) >= 11 is 1.48. The fraction of sp³-hybridized carbons (Fsp3) is 0.364. The van der Waals surface area contributed by atoms with Crippen LogP contribution in [-0.2, 0) is 6.54 Å². The van der Waals surface area contributed by atoms with Gasteiger partial charge in [-0.3, -0.25) is 9.69 Å². The van der Waals surface area contributed by atoms with Crippen molar-refractivity contribution in [1.29, 1.82) is 0 Å². The summed E-state index contributed by atoms with van der Waals surface area (Å²) in [5.41, 5.74) is 1.98. The van der Waals surface area contributed by atoms with Crippen molar-refractivity contribution in [2.45, 2.75) is 45.9 Å². The van der Waals surface area contributed by atoms with Crippen LogP contribution in [0, 0.1) is 6.92 Å². The van der Waals surface area contributed by atoms with Crippen LogP contribution in [0.25, 0.3) is 21.3 Å². The molecule has 28 heavy (non-hydrogen) atoms. The molecule has 2 heterocycles. The van der Waals surface area contributed by atoms with Gasteiger partial charge in [0.1, 0.15) is 10.7 Å². The normalized spacial score (nSPS) is 14.0. The number of fused-ring (bicyclic) bond motifs is 1. The molecule has 6 heteroatoms. The van der Waals surface area contributed by atoms with Gasteiger partial charge in [-0.05, 0) is 38.8 Å². The predicted molar refractivity (Wildman–Crippen MR) is 117 cm³/mol. The van der Waals surface area contributed by atoms with Crippen LogP contribution in [0.3, 0.4) is 0 Å². The maximum absolute atomic E-state index is 12.9. The van der Waals surface area contributed by atoms with Gasteiger partial charge in [0.25, 0.3) is 5.56 Å². The van der Waals surface area contributed by atoms with E-state index in [1.165, 1.54) is 17.4 Å². The molecule has 3 aromatic rings. The van der Waals surface area contributed by atoms with Crippen molar-refractivity contribution in [2.75, 3.05) is 6.54 Å². The number of aliphatic hydroxyl groups is 1. The molecule has 0 radical (unpaired) electrons. The monoisotopic (exact) mass is 397 g/mol. The van der Waals surface area contributed by atoms with Crippen LogP contribution in [0.2, 0.25) is 0 Å². The first-order valence-electron chi connectivity index (χ1n) is 9.38. The number of aromatic nitrogens is 2.